The maximum absolute atomic E-state index is 6.03. The van der Waals surface area contributed by atoms with Gasteiger partial charge in [-0.15, -0.1) is 0 Å². The second-order valence-corrected chi connectivity index (χ2v) is 4.36. The standard InChI is InChI=1S/C13H15N3/c1-16-13(14)12(8-15-16)11-7-3-5-9-4-2-6-10(9)11/h3,5,7-8H,2,4,6,14H2,1H3. The Hall–Kier alpha value is -1.77. The number of anilines is 1. The van der Waals surface area contributed by atoms with Crippen molar-refractivity contribution in [1.29, 1.82) is 0 Å². The number of nitrogens with two attached hydrogens (primary N) is 1. The summed E-state index contributed by atoms with van der Waals surface area (Å²) in [5, 5.41) is 4.21. The van der Waals surface area contributed by atoms with Crippen molar-refractivity contribution in [2.75, 3.05) is 5.73 Å². The molecule has 3 rings (SSSR count). The zero-order valence-electron chi connectivity index (χ0n) is 9.40. The van der Waals surface area contributed by atoms with Crippen molar-refractivity contribution in [1.82, 2.24) is 9.78 Å². The molecular formula is C13H15N3. The van der Waals surface area contributed by atoms with E-state index in [1.54, 1.807) is 4.68 Å². The van der Waals surface area contributed by atoms with Gasteiger partial charge in [0.25, 0.3) is 0 Å². The first-order chi connectivity index (χ1) is 7.77. The van der Waals surface area contributed by atoms with Crippen molar-refractivity contribution < 1.29 is 0 Å². The molecule has 0 spiro atoms. The fourth-order valence-electron chi connectivity index (χ4n) is 2.53. The van der Waals surface area contributed by atoms with Gasteiger partial charge in [0.15, 0.2) is 0 Å². The number of rotatable bonds is 1. The quantitative estimate of drug-likeness (QED) is 0.788. The normalized spacial score (nSPS) is 14.1. The Morgan fingerprint density at radius 3 is 2.88 bits per heavy atom. The molecule has 1 aliphatic rings. The molecule has 0 saturated carbocycles. The van der Waals surface area contributed by atoms with Crippen LogP contribution in [0.4, 0.5) is 5.82 Å². The Bertz CT molecular complexity index is 540. The van der Waals surface area contributed by atoms with Crippen molar-refractivity contribution in [3.8, 4) is 11.1 Å². The average molecular weight is 213 g/mol. The highest BCUT2D eigenvalue weighted by Crippen LogP contribution is 2.34. The number of aryl methyl sites for hydroxylation is 2. The predicted molar refractivity (Wildman–Crippen MR) is 65.1 cm³/mol. The van der Waals surface area contributed by atoms with Gasteiger partial charge in [-0.1, -0.05) is 18.2 Å². The second-order valence-electron chi connectivity index (χ2n) is 4.36. The van der Waals surface area contributed by atoms with E-state index in [1.807, 2.05) is 13.2 Å². The van der Waals surface area contributed by atoms with Crippen molar-refractivity contribution in [3.05, 3.63) is 35.5 Å². The lowest BCUT2D eigenvalue weighted by atomic mass is 9.99. The highest BCUT2D eigenvalue weighted by Gasteiger charge is 2.17. The largest absolute Gasteiger partial charge is 0.383 e. The first kappa shape index (κ1) is 9.46. The molecule has 2 N–H and O–H groups in total. The van der Waals surface area contributed by atoms with Crippen LogP contribution >= 0.6 is 0 Å². The van der Waals surface area contributed by atoms with Crippen LogP contribution in [0, 0.1) is 0 Å². The Morgan fingerprint density at radius 1 is 1.25 bits per heavy atom. The number of aromatic nitrogens is 2. The predicted octanol–water partition coefficient (Wildman–Crippen LogP) is 2.16. The number of nitrogen functional groups attached to an aromatic ring is 1. The Morgan fingerprint density at radius 2 is 2.12 bits per heavy atom. The zero-order valence-corrected chi connectivity index (χ0v) is 9.40. The number of hydrogen-bond donors (Lipinski definition) is 1. The van der Waals surface area contributed by atoms with Gasteiger partial charge in [0.05, 0.1) is 6.20 Å². The molecule has 0 atom stereocenters. The lowest BCUT2D eigenvalue weighted by molar-refractivity contribution is 0.779. The summed E-state index contributed by atoms with van der Waals surface area (Å²) in [7, 11) is 1.88. The van der Waals surface area contributed by atoms with Gasteiger partial charge in [-0.2, -0.15) is 5.10 Å². The monoisotopic (exact) mass is 213 g/mol. The van der Waals surface area contributed by atoms with Crippen LogP contribution < -0.4 is 5.73 Å². The molecule has 3 nitrogen and oxygen atoms in total. The van der Waals surface area contributed by atoms with E-state index in [4.69, 9.17) is 5.73 Å². The first-order valence-electron chi connectivity index (χ1n) is 5.66. The number of benzene rings is 1. The molecule has 1 aromatic heterocycles. The van der Waals surface area contributed by atoms with E-state index in [1.165, 1.54) is 36.0 Å². The summed E-state index contributed by atoms with van der Waals surface area (Å²) in [6.45, 7) is 0. The summed E-state index contributed by atoms with van der Waals surface area (Å²) in [6.07, 6.45) is 5.49. The molecule has 16 heavy (non-hydrogen) atoms. The van der Waals surface area contributed by atoms with E-state index in [0.29, 0.717) is 0 Å². The van der Waals surface area contributed by atoms with Gasteiger partial charge in [0.2, 0.25) is 0 Å². The van der Waals surface area contributed by atoms with E-state index in [0.717, 1.165) is 11.4 Å². The first-order valence-corrected chi connectivity index (χ1v) is 5.66. The van der Waals surface area contributed by atoms with Crippen molar-refractivity contribution in [2.45, 2.75) is 19.3 Å². The van der Waals surface area contributed by atoms with Crippen LogP contribution in [0.15, 0.2) is 24.4 Å². The Kier molecular flexibility index (Phi) is 1.99. The third-order valence-electron chi connectivity index (χ3n) is 3.42. The lowest BCUT2D eigenvalue weighted by Gasteiger charge is -2.07. The third-order valence-corrected chi connectivity index (χ3v) is 3.42. The van der Waals surface area contributed by atoms with Gasteiger partial charge >= 0.3 is 0 Å². The average Bonchev–Trinajstić information content (AvgIpc) is 2.87. The van der Waals surface area contributed by atoms with Gasteiger partial charge in [-0.25, -0.2) is 0 Å². The smallest absolute Gasteiger partial charge is 0.129 e. The third kappa shape index (κ3) is 1.24. The molecule has 1 aliphatic carbocycles. The number of nitrogens with zero attached hydrogens (tertiary/aromatic N) is 2. The minimum atomic E-state index is 0.750. The minimum absolute atomic E-state index is 0.750. The molecular weight excluding hydrogens is 198 g/mol. The molecule has 3 heteroatoms. The van der Waals surface area contributed by atoms with Crippen LogP contribution in [0.25, 0.3) is 11.1 Å². The Balaban J connectivity index is 2.21. The molecule has 0 radical (unpaired) electrons. The van der Waals surface area contributed by atoms with Crippen LogP contribution in [-0.2, 0) is 19.9 Å². The highest BCUT2D eigenvalue weighted by atomic mass is 15.3. The van der Waals surface area contributed by atoms with E-state index in [-0.39, 0.29) is 0 Å². The summed E-state index contributed by atoms with van der Waals surface area (Å²) in [5.74, 6) is 0.750. The lowest BCUT2D eigenvalue weighted by Crippen LogP contribution is -1.98. The number of fused-ring (bicyclic) bond motifs is 1. The molecule has 0 bridgehead atoms. The fraction of sp³-hybridized carbons (Fsp3) is 0.308. The van der Waals surface area contributed by atoms with Gasteiger partial charge in [0, 0.05) is 12.6 Å². The van der Waals surface area contributed by atoms with Gasteiger partial charge in [0.1, 0.15) is 5.82 Å². The highest BCUT2D eigenvalue weighted by molar-refractivity contribution is 5.77. The Labute approximate surface area is 94.9 Å². The van der Waals surface area contributed by atoms with E-state index >= 15 is 0 Å². The molecule has 0 aliphatic heterocycles. The van der Waals surface area contributed by atoms with Crippen molar-refractivity contribution >= 4 is 5.82 Å². The minimum Gasteiger partial charge on any atom is -0.383 e. The van der Waals surface area contributed by atoms with Crippen LogP contribution in [0.1, 0.15) is 17.5 Å². The molecule has 1 heterocycles. The van der Waals surface area contributed by atoms with Crippen LogP contribution in [-0.4, -0.2) is 9.78 Å². The van der Waals surface area contributed by atoms with Gasteiger partial charge < -0.3 is 5.73 Å². The van der Waals surface area contributed by atoms with E-state index in [2.05, 4.69) is 23.3 Å². The molecule has 0 unspecified atom stereocenters. The molecule has 82 valence electrons. The molecule has 0 fully saturated rings. The zero-order chi connectivity index (χ0) is 11.1. The maximum atomic E-state index is 6.03. The fourth-order valence-corrected chi connectivity index (χ4v) is 2.53. The maximum Gasteiger partial charge on any atom is 0.129 e. The van der Waals surface area contributed by atoms with Crippen molar-refractivity contribution in [2.24, 2.45) is 7.05 Å². The summed E-state index contributed by atoms with van der Waals surface area (Å²) in [6, 6.07) is 6.49. The van der Waals surface area contributed by atoms with Gasteiger partial charge in [-0.05, 0) is 36.0 Å². The molecule has 2 aromatic rings. The van der Waals surface area contributed by atoms with E-state index < -0.39 is 0 Å². The van der Waals surface area contributed by atoms with Crippen LogP contribution in [0.2, 0.25) is 0 Å². The molecule has 1 aromatic carbocycles. The number of hydrogen-bond acceptors (Lipinski definition) is 2. The van der Waals surface area contributed by atoms with Crippen LogP contribution in [0.3, 0.4) is 0 Å². The summed E-state index contributed by atoms with van der Waals surface area (Å²) in [4.78, 5) is 0. The second kappa shape index (κ2) is 3.37. The van der Waals surface area contributed by atoms with Crippen molar-refractivity contribution in [3.63, 3.8) is 0 Å². The summed E-state index contributed by atoms with van der Waals surface area (Å²) < 4.78 is 1.73. The summed E-state index contributed by atoms with van der Waals surface area (Å²) >= 11 is 0. The molecule has 0 amide bonds. The van der Waals surface area contributed by atoms with E-state index in [9.17, 15) is 0 Å². The molecule has 0 saturated heterocycles. The summed E-state index contributed by atoms with van der Waals surface area (Å²) in [5.41, 5.74) is 11.3. The van der Waals surface area contributed by atoms with Gasteiger partial charge in [-0.3, -0.25) is 4.68 Å². The SMILES string of the molecule is Cn1ncc(-c2cccc3c2CCC3)c1N. The topological polar surface area (TPSA) is 43.8 Å². The van der Waals surface area contributed by atoms with Crippen LogP contribution in [0.5, 0.6) is 0 Å².